The van der Waals surface area contributed by atoms with Gasteiger partial charge in [-0.25, -0.2) is 0 Å². The van der Waals surface area contributed by atoms with E-state index in [2.05, 4.69) is 158 Å². The van der Waals surface area contributed by atoms with E-state index < -0.39 is 0 Å². The van der Waals surface area contributed by atoms with Crippen molar-refractivity contribution >= 4 is 43.1 Å². The largest absolute Gasteiger partial charge is 0.0683 e. The van der Waals surface area contributed by atoms with Gasteiger partial charge in [0, 0.05) is 0 Å². The van der Waals surface area contributed by atoms with Crippen LogP contribution in [0.3, 0.4) is 0 Å². The SMILES string of the molecule is CC.c1cc(-c2ccc3ccccc3c2)cc(-c2c3ccccc3c(-c3ccc4ccccc4c3)c3ccccc23)c1. The Morgan fingerprint density at radius 3 is 1.14 bits per heavy atom. The summed E-state index contributed by atoms with van der Waals surface area (Å²) < 4.78 is 0. The van der Waals surface area contributed by atoms with Gasteiger partial charge in [0.05, 0.1) is 0 Å². The average Bonchev–Trinajstić information content (AvgIpc) is 3.07. The van der Waals surface area contributed by atoms with Crippen molar-refractivity contribution in [1.29, 1.82) is 0 Å². The van der Waals surface area contributed by atoms with E-state index in [1.165, 1.54) is 76.5 Å². The second-order valence-electron chi connectivity index (χ2n) is 10.5. The van der Waals surface area contributed by atoms with Gasteiger partial charge in [-0.3, -0.25) is 0 Å². The van der Waals surface area contributed by atoms with Crippen LogP contribution < -0.4 is 0 Å². The van der Waals surface area contributed by atoms with Crippen molar-refractivity contribution in [2.75, 3.05) is 0 Å². The molecule has 0 radical (unpaired) electrons. The van der Waals surface area contributed by atoms with E-state index in [1.54, 1.807) is 0 Å². The predicted molar refractivity (Wildman–Crippen MR) is 184 cm³/mol. The van der Waals surface area contributed by atoms with Gasteiger partial charge in [0.15, 0.2) is 0 Å². The van der Waals surface area contributed by atoms with Crippen LogP contribution >= 0.6 is 0 Å². The van der Waals surface area contributed by atoms with Crippen molar-refractivity contribution < 1.29 is 0 Å². The van der Waals surface area contributed by atoms with Crippen LogP contribution in [0.1, 0.15) is 13.8 Å². The van der Waals surface area contributed by atoms with E-state index in [9.17, 15) is 0 Å². The van der Waals surface area contributed by atoms with Crippen molar-refractivity contribution in [1.82, 2.24) is 0 Å². The Morgan fingerprint density at radius 2 is 0.619 bits per heavy atom. The summed E-state index contributed by atoms with van der Waals surface area (Å²) in [5.41, 5.74) is 7.55. The first-order valence-corrected chi connectivity index (χ1v) is 14.9. The molecule has 0 heterocycles. The molecule has 8 aromatic rings. The van der Waals surface area contributed by atoms with Crippen LogP contribution in [0.15, 0.2) is 158 Å². The molecule has 0 aliphatic carbocycles. The lowest BCUT2D eigenvalue weighted by Crippen LogP contribution is -1.91. The Kier molecular flexibility index (Phi) is 6.74. The van der Waals surface area contributed by atoms with Crippen LogP contribution in [0.2, 0.25) is 0 Å². The fourth-order valence-corrected chi connectivity index (χ4v) is 6.32. The molecule has 0 nitrogen and oxygen atoms in total. The predicted octanol–water partition coefficient (Wildman–Crippen LogP) is 12.3. The second kappa shape index (κ2) is 11.0. The Labute approximate surface area is 247 Å². The van der Waals surface area contributed by atoms with E-state index in [-0.39, 0.29) is 0 Å². The molecular formula is C42H32. The molecule has 0 aliphatic rings. The third-order valence-corrected chi connectivity index (χ3v) is 8.20. The van der Waals surface area contributed by atoms with Gasteiger partial charge in [-0.05, 0) is 94.7 Å². The van der Waals surface area contributed by atoms with Crippen molar-refractivity contribution in [2.45, 2.75) is 13.8 Å². The van der Waals surface area contributed by atoms with E-state index in [4.69, 9.17) is 0 Å². The Bertz CT molecular complexity index is 2160. The molecule has 8 aromatic carbocycles. The van der Waals surface area contributed by atoms with Gasteiger partial charge in [0.1, 0.15) is 0 Å². The monoisotopic (exact) mass is 536 g/mol. The van der Waals surface area contributed by atoms with Gasteiger partial charge < -0.3 is 0 Å². The standard InChI is InChI=1S/C40H26.C2H6/c1-3-12-29-24-32(22-20-27(29)10-1)31-14-9-15-33(26-31)39-35-16-5-7-18-37(35)40(38-19-8-6-17-36(38)39)34-23-21-28-11-2-4-13-30(28)25-34;1-2/h1-26H;1-2H3. The minimum absolute atomic E-state index is 1.23. The van der Waals surface area contributed by atoms with Gasteiger partial charge in [-0.2, -0.15) is 0 Å². The zero-order chi connectivity index (χ0) is 28.5. The second-order valence-corrected chi connectivity index (χ2v) is 10.5. The number of hydrogen-bond donors (Lipinski definition) is 0. The summed E-state index contributed by atoms with van der Waals surface area (Å²) in [4.78, 5) is 0. The number of fused-ring (bicyclic) bond motifs is 4. The van der Waals surface area contributed by atoms with Gasteiger partial charge in [-0.15, -0.1) is 0 Å². The van der Waals surface area contributed by atoms with Gasteiger partial charge >= 0.3 is 0 Å². The van der Waals surface area contributed by atoms with Gasteiger partial charge in [0.25, 0.3) is 0 Å². The zero-order valence-corrected chi connectivity index (χ0v) is 24.0. The van der Waals surface area contributed by atoms with Gasteiger partial charge in [0.2, 0.25) is 0 Å². The smallest absolute Gasteiger partial charge is 0.00262 e. The lowest BCUT2D eigenvalue weighted by atomic mass is 9.85. The number of hydrogen-bond acceptors (Lipinski definition) is 0. The highest BCUT2D eigenvalue weighted by atomic mass is 14.2. The molecule has 0 fully saturated rings. The van der Waals surface area contributed by atoms with Crippen LogP contribution in [-0.2, 0) is 0 Å². The summed E-state index contributed by atoms with van der Waals surface area (Å²) in [6.07, 6.45) is 0. The van der Waals surface area contributed by atoms with E-state index >= 15 is 0 Å². The third kappa shape index (κ3) is 4.42. The molecule has 0 saturated heterocycles. The van der Waals surface area contributed by atoms with Crippen molar-refractivity contribution in [3.8, 4) is 33.4 Å². The quantitative estimate of drug-likeness (QED) is 0.197. The van der Waals surface area contributed by atoms with Crippen LogP contribution in [0.4, 0.5) is 0 Å². The minimum Gasteiger partial charge on any atom is -0.0683 e. The summed E-state index contributed by atoms with van der Waals surface area (Å²) >= 11 is 0. The molecule has 0 unspecified atom stereocenters. The molecule has 8 rings (SSSR count). The number of benzene rings is 8. The number of rotatable bonds is 3. The van der Waals surface area contributed by atoms with Crippen LogP contribution in [0.25, 0.3) is 76.5 Å². The molecule has 0 heteroatoms. The summed E-state index contributed by atoms with van der Waals surface area (Å²) in [6.45, 7) is 4.00. The molecule has 0 N–H and O–H groups in total. The normalized spacial score (nSPS) is 11.1. The van der Waals surface area contributed by atoms with Gasteiger partial charge in [-0.1, -0.05) is 153 Å². The molecule has 0 aromatic heterocycles. The molecule has 42 heavy (non-hydrogen) atoms. The van der Waals surface area contributed by atoms with E-state index in [1.807, 2.05) is 13.8 Å². The maximum absolute atomic E-state index is 2.36. The zero-order valence-electron chi connectivity index (χ0n) is 24.0. The molecule has 0 saturated carbocycles. The summed E-state index contributed by atoms with van der Waals surface area (Å²) in [6, 6.07) is 57.6. The Hall–Kier alpha value is -5.20. The lowest BCUT2D eigenvalue weighted by molar-refractivity contribution is 1.50. The minimum atomic E-state index is 1.23. The summed E-state index contributed by atoms with van der Waals surface area (Å²) in [7, 11) is 0. The maximum Gasteiger partial charge on any atom is -0.00262 e. The topological polar surface area (TPSA) is 0 Å². The molecule has 200 valence electrons. The first-order valence-electron chi connectivity index (χ1n) is 14.9. The Morgan fingerprint density at radius 1 is 0.262 bits per heavy atom. The molecule has 0 atom stereocenters. The highest BCUT2D eigenvalue weighted by Gasteiger charge is 2.17. The van der Waals surface area contributed by atoms with E-state index in [0.29, 0.717) is 0 Å². The fraction of sp³-hybridized carbons (Fsp3) is 0.0476. The highest BCUT2D eigenvalue weighted by Crippen LogP contribution is 2.44. The van der Waals surface area contributed by atoms with Crippen LogP contribution in [-0.4, -0.2) is 0 Å². The molecule has 0 amide bonds. The van der Waals surface area contributed by atoms with Crippen molar-refractivity contribution in [3.63, 3.8) is 0 Å². The summed E-state index contributed by atoms with van der Waals surface area (Å²) in [5.74, 6) is 0. The fourth-order valence-electron chi connectivity index (χ4n) is 6.32. The summed E-state index contributed by atoms with van der Waals surface area (Å²) in [5, 5.41) is 10.2. The molecule has 0 spiro atoms. The lowest BCUT2D eigenvalue weighted by Gasteiger charge is -2.18. The first-order chi connectivity index (χ1) is 20.8. The molecule has 0 bridgehead atoms. The maximum atomic E-state index is 2.36. The van der Waals surface area contributed by atoms with E-state index in [0.717, 1.165) is 0 Å². The molecular weight excluding hydrogens is 504 g/mol. The average molecular weight is 537 g/mol. The van der Waals surface area contributed by atoms with Crippen molar-refractivity contribution in [2.24, 2.45) is 0 Å². The highest BCUT2D eigenvalue weighted by molar-refractivity contribution is 6.21. The Balaban J connectivity index is 0.00000141. The first kappa shape index (κ1) is 25.7. The third-order valence-electron chi connectivity index (χ3n) is 8.20. The van der Waals surface area contributed by atoms with Crippen LogP contribution in [0, 0.1) is 0 Å². The molecule has 0 aliphatic heterocycles. The van der Waals surface area contributed by atoms with Crippen LogP contribution in [0.5, 0.6) is 0 Å². The van der Waals surface area contributed by atoms with Crippen molar-refractivity contribution in [3.05, 3.63) is 158 Å².